The zero-order valence-corrected chi connectivity index (χ0v) is 19.5. The molecule has 0 aromatic carbocycles. The molecular weight excluding hydrogens is 356 g/mol. The molecule has 4 aliphatic rings. The molecule has 0 heterocycles. The fourth-order valence-electron chi connectivity index (χ4n) is 8.40. The van der Waals surface area contributed by atoms with Gasteiger partial charge in [0.25, 0.3) is 0 Å². The molecule has 0 aromatic rings. The van der Waals surface area contributed by atoms with Crippen LogP contribution in [0.2, 0.25) is 0 Å². The van der Waals surface area contributed by atoms with Crippen LogP contribution in [0.1, 0.15) is 92.4 Å². The number of fused-ring (bicyclic) bond motifs is 5. The van der Waals surface area contributed by atoms with Gasteiger partial charge in [0.1, 0.15) is 0 Å². The third kappa shape index (κ3) is 3.47. The van der Waals surface area contributed by atoms with Crippen molar-refractivity contribution in [2.45, 2.75) is 105 Å². The molecule has 4 rings (SSSR count). The Morgan fingerprint density at radius 3 is 2.66 bits per heavy atom. The average molecular weight is 401 g/mol. The molecule has 9 atom stereocenters. The summed E-state index contributed by atoms with van der Waals surface area (Å²) in [6, 6.07) is 0. The van der Waals surface area contributed by atoms with Crippen molar-refractivity contribution in [3.8, 4) is 0 Å². The number of allylic oxidation sites excluding steroid dienone is 3. The number of aliphatic hydroxyl groups excluding tert-OH is 2. The average Bonchev–Trinajstić information content (AvgIpc) is 3.02. The number of aliphatic hydroxyl groups is 2. The van der Waals surface area contributed by atoms with Crippen molar-refractivity contribution in [3.05, 3.63) is 23.3 Å². The van der Waals surface area contributed by atoms with Crippen LogP contribution in [-0.2, 0) is 0 Å². The standard InChI is InChI=1S/C27H44O2/c1-17(2)7-6-8-18(3)22-11-12-23-21-10-9-19-15-20(28)13-14-26(19,4)24(21)16-25(29)27(22,23)5/h7,9,18,20-25,28-29H,6,8,10-16H2,1-5H3/t18-,20?,21+,22-,23+,24+,25+,26+,27-/m1/s1. The van der Waals surface area contributed by atoms with Crippen LogP contribution in [0.4, 0.5) is 0 Å². The van der Waals surface area contributed by atoms with Gasteiger partial charge >= 0.3 is 0 Å². The van der Waals surface area contributed by atoms with Crippen molar-refractivity contribution in [1.29, 1.82) is 0 Å². The second kappa shape index (κ2) is 7.83. The monoisotopic (exact) mass is 400 g/mol. The lowest BCUT2D eigenvalue weighted by Gasteiger charge is -2.60. The van der Waals surface area contributed by atoms with Gasteiger partial charge in [0, 0.05) is 0 Å². The zero-order valence-electron chi connectivity index (χ0n) is 19.5. The largest absolute Gasteiger partial charge is 0.393 e. The van der Waals surface area contributed by atoms with E-state index in [0.717, 1.165) is 31.6 Å². The lowest BCUT2D eigenvalue weighted by molar-refractivity contribution is -0.136. The third-order valence-electron chi connectivity index (χ3n) is 10.1. The SMILES string of the molecule is CC(C)=CCC[C@@H](C)[C@H]1CC[C@H]2[C@@H]3CC=C4CC(O)CC[C@]4(C)[C@H]3C[C@H](O)[C@]12C. The first kappa shape index (κ1) is 21.6. The minimum Gasteiger partial charge on any atom is -0.393 e. The summed E-state index contributed by atoms with van der Waals surface area (Å²) in [5.74, 6) is 3.32. The van der Waals surface area contributed by atoms with Gasteiger partial charge in [0.05, 0.1) is 12.2 Å². The zero-order chi connectivity index (χ0) is 21.0. The van der Waals surface area contributed by atoms with Crippen molar-refractivity contribution < 1.29 is 10.2 Å². The van der Waals surface area contributed by atoms with Crippen LogP contribution >= 0.6 is 0 Å². The molecule has 0 aromatic heterocycles. The van der Waals surface area contributed by atoms with E-state index < -0.39 is 0 Å². The predicted octanol–water partition coefficient (Wildman–Crippen LogP) is 6.28. The fraction of sp³-hybridized carbons (Fsp3) is 0.852. The fourth-order valence-corrected chi connectivity index (χ4v) is 8.40. The second-order valence-electron chi connectivity index (χ2n) is 11.8. The molecule has 4 aliphatic carbocycles. The topological polar surface area (TPSA) is 40.5 Å². The van der Waals surface area contributed by atoms with Gasteiger partial charge in [-0.3, -0.25) is 0 Å². The Morgan fingerprint density at radius 2 is 1.93 bits per heavy atom. The molecule has 0 amide bonds. The summed E-state index contributed by atoms with van der Waals surface area (Å²) < 4.78 is 0. The molecule has 0 saturated heterocycles. The van der Waals surface area contributed by atoms with Crippen molar-refractivity contribution in [2.75, 3.05) is 0 Å². The second-order valence-corrected chi connectivity index (χ2v) is 11.8. The summed E-state index contributed by atoms with van der Waals surface area (Å²) in [5.41, 5.74) is 3.21. The van der Waals surface area contributed by atoms with Crippen molar-refractivity contribution in [1.82, 2.24) is 0 Å². The Balaban J connectivity index is 1.56. The molecule has 2 N–H and O–H groups in total. The van der Waals surface area contributed by atoms with Gasteiger partial charge in [0.15, 0.2) is 0 Å². The van der Waals surface area contributed by atoms with E-state index in [0.29, 0.717) is 23.7 Å². The van der Waals surface area contributed by atoms with Gasteiger partial charge in [-0.1, -0.05) is 44.1 Å². The lowest BCUT2D eigenvalue weighted by Crippen LogP contribution is -2.56. The summed E-state index contributed by atoms with van der Waals surface area (Å²) in [5, 5.41) is 21.8. The van der Waals surface area contributed by atoms with Crippen LogP contribution in [0.25, 0.3) is 0 Å². The van der Waals surface area contributed by atoms with Crippen LogP contribution in [-0.4, -0.2) is 22.4 Å². The minimum atomic E-state index is -0.171. The molecule has 1 unspecified atom stereocenters. The molecule has 164 valence electrons. The first-order valence-corrected chi connectivity index (χ1v) is 12.4. The Kier molecular flexibility index (Phi) is 5.84. The van der Waals surface area contributed by atoms with Crippen LogP contribution in [0.3, 0.4) is 0 Å². The van der Waals surface area contributed by atoms with Crippen molar-refractivity contribution in [2.24, 2.45) is 40.4 Å². The van der Waals surface area contributed by atoms with Gasteiger partial charge in [-0.05, 0) is 112 Å². The molecule has 2 nitrogen and oxygen atoms in total. The molecule has 3 saturated carbocycles. The van der Waals surface area contributed by atoms with E-state index in [9.17, 15) is 10.2 Å². The molecule has 0 aliphatic heterocycles. The van der Waals surface area contributed by atoms with Crippen molar-refractivity contribution in [3.63, 3.8) is 0 Å². The smallest absolute Gasteiger partial charge is 0.0602 e. The van der Waals surface area contributed by atoms with E-state index in [4.69, 9.17) is 0 Å². The molecule has 2 heteroatoms. The van der Waals surface area contributed by atoms with E-state index in [1.165, 1.54) is 43.3 Å². The number of hydrogen-bond donors (Lipinski definition) is 2. The van der Waals surface area contributed by atoms with Crippen molar-refractivity contribution >= 4 is 0 Å². The normalized spacial score (nSPS) is 47.5. The maximum atomic E-state index is 11.6. The van der Waals surface area contributed by atoms with Gasteiger partial charge < -0.3 is 10.2 Å². The summed E-state index contributed by atoms with van der Waals surface area (Å²) in [4.78, 5) is 0. The molecule has 0 radical (unpaired) electrons. The van der Waals surface area contributed by atoms with Crippen LogP contribution in [0.5, 0.6) is 0 Å². The Bertz CT molecular complexity index is 674. The molecule has 3 fully saturated rings. The van der Waals surface area contributed by atoms with E-state index in [2.05, 4.69) is 46.8 Å². The number of hydrogen-bond acceptors (Lipinski definition) is 2. The Hall–Kier alpha value is -0.600. The quantitative estimate of drug-likeness (QED) is 0.545. The maximum Gasteiger partial charge on any atom is 0.0602 e. The Morgan fingerprint density at radius 1 is 1.17 bits per heavy atom. The first-order chi connectivity index (χ1) is 13.7. The lowest BCUT2D eigenvalue weighted by atomic mass is 9.46. The third-order valence-corrected chi connectivity index (χ3v) is 10.1. The summed E-state index contributed by atoms with van der Waals surface area (Å²) in [7, 11) is 0. The molecule has 0 spiro atoms. The van der Waals surface area contributed by atoms with E-state index in [-0.39, 0.29) is 23.0 Å². The van der Waals surface area contributed by atoms with Gasteiger partial charge in [-0.15, -0.1) is 0 Å². The van der Waals surface area contributed by atoms with Gasteiger partial charge in [-0.2, -0.15) is 0 Å². The molecular formula is C27H44O2. The summed E-state index contributed by atoms with van der Waals surface area (Å²) >= 11 is 0. The molecule has 29 heavy (non-hydrogen) atoms. The highest BCUT2D eigenvalue weighted by Gasteiger charge is 2.62. The minimum absolute atomic E-state index is 0.0848. The predicted molar refractivity (Wildman–Crippen MR) is 120 cm³/mol. The van der Waals surface area contributed by atoms with Gasteiger partial charge in [0.2, 0.25) is 0 Å². The highest BCUT2D eigenvalue weighted by atomic mass is 16.3. The summed E-state index contributed by atoms with van der Waals surface area (Å²) in [6.07, 6.45) is 14.6. The van der Waals surface area contributed by atoms with Crippen LogP contribution < -0.4 is 0 Å². The summed E-state index contributed by atoms with van der Waals surface area (Å²) in [6.45, 7) is 11.7. The Labute approximate surface area is 178 Å². The maximum absolute atomic E-state index is 11.6. The van der Waals surface area contributed by atoms with E-state index >= 15 is 0 Å². The van der Waals surface area contributed by atoms with Gasteiger partial charge in [-0.25, -0.2) is 0 Å². The highest BCUT2D eigenvalue weighted by molar-refractivity contribution is 5.26. The van der Waals surface area contributed by atoms with E-state index in [1.807, 2.05) is 0 Å². The van der Waals surface area contributed by atoms with Crippen LogP contribution in [0, 0.1) is 40.4 Å². The highest BCUT2D eigenvalue weighted by Crippen LogP contribution is 2.67. The molecule has 0 bridgehead atoms. The van der Waals surface area contributed by atoms with E-state index in [1.54, 1.807) is 0 Å². The van der Waals surface area contributed by atoms with Crippen LogP contribution in [0.15, 0.2) is 23.3 Å². The number of rotatable bonds is 4. The first-order valence-electron chi connectivity index (χ1n) is 12.4.